The van der Waals surface area contributed by atoms with Crippen LogP contribution in [0.2, 0.25) is 0 Å². The first-order valence-electron chi connectivity index (χ1n) is 7.08. The average Bonchev–Trinajstić information content (AvgIpc) is 2.93. The molecule has 1 aromatic heterocycles. The molecule has 0 saturated heterocycles. The van der Waals surface area contributed by atoms with Gasteiger partial charge in [-0.05, 0) is 48.6 Å². The molecule has 2 nitrogen and oxygen atoms in total. The molecule has 18 heavy (non-hydrogen) atoms. The highest BCUT2D eigenvalue weighted by Gasteiger charge is 2.22. The van der Waals surface area contributed by atoms with E-state index in [1.807, 2.05) is 12.4 Å². The highest BCUT2D eigenvalue weighted by Crippen LogP contribution is 2.37. The summed E-state index contributed by atoms with van der Waals surface area (Å²) in [6.07, 6.45) is 10.5. The van der Waals surface area contributed by atoms with Crippen LogP contribution in [0.25, 0.3) is 0 Å². The Morgan fingerprint density at radius 2 is 2.00 bits per heavy atom. The van der Waals surface area contributed by atoms with E-state index in [2.05, 4.69) is 35.8 Å². The number of hydrogen-bond acceptors (Lipinski definition) is 3. The van der Waals surface area contributed by atoms with E-state index >= 15 is 0 Å². The van der Waals surface area contributed by atoms with Gasteiger partial charge in [-0.15, -0.1) is 0 Å². The highest BCUT2D eigenvalue weighted by molar-refractivity contribution is 7.99. The molecule has 1 aromatic rings. The first kappa shape index (κ1) is 13.9. The summed E-state index contributed by atoms with van der Waals surface area (Å²) < 4.78 is 0. The van der Waals surface area contributed by atoms with Crippen LogP contribution in [0.4, 0.5) is 0 Å². The van der Waals surface area contributed by atoms with E-state index in [-0.39, 0.29) is 6.04 Å². The van der Waals surface area contributed by atoms with Gasteiger partial charge in [-0.25, -0.2) is 0 Å². The minimum atomic E-state index is 0.249. The van der Waals surface area contributed by atoms with Gasteiger partial charge in [0.05, 0.1) is 0 Å². The second-order valence-electron chi connectivity index (χ2n) is 5.26. The smallest absolute Gasteiger partial charge is 0.0449 e. The van der Waals surface area contributed by atoms with Crippen LogP contribution in [0, 0.1) is 5.92 Å². The fourth-order valence-corrected chi connectivity index (χ4v) is 4.25. The van der Waals surface area contributed by atoms with Gasteiger partial charge in [0.25, 0.3) is 0 Å². The maximum absolute atomic E-state index is 6.29. The Labute approximate surface area is 115 Å². The average molecular weight is 264 g/mol. The van der Waals surface area contributed by atoms with Crippen molar-refractivity contribution in [2.24, 2.45) is 11.7 Å². The van der Waals surface area contributed by atoms with Crippen molar-refractivity contribution in [3.8, 4) is 0 Å². The first-order chi connectivity index (χ1) is 8.81. The largest absolute Gasteiger partial charge is 0.326 e. The van der Waals surface area contributed by atoms with E-state index in [1.165, 1.54) is 37.0 Å². The zero-order chi connectivity index (χ0) is 12.8. The van der Waals surface area contributed by atoms with Crippen LogP contribution in [0.1, 0.15) is 49.8 Å². The van der Waals surface area contributed by atoms with Gasteiger partial charge in [-0.2, -0.15) is 11.8 Å². The minimum Gasteiger partial charge on any atom is -0.326 e. The third kappa shape index (κ3) is 3.72. The van der Waals surface area contributed by atoms with Crippen molar-refractivity contribution < 1.29 is 0 Å². The Balaban J connectivity index is 1.96. The normalized spacial score (nSPS) is 19.9. The van der Waals surface area contributed by atoms with Gasteiger partial charge in [-0.1, -0.05) is 19.8 Å². The number of aromatic nitrogens is 1. The Morgan fingerprint density at radius 1 is 1.33 bits per heavy atom. The van der Waals surface area contributed by atoms with E-state index in [0.29, 0.717) is 5.25 Å². The Hall–Kier alpha value is -0.540. The van der Waals surface area contributed by atoms with Crippen LogP contribution in [-0.2, 0) is 0 Å². The van der Waals surface area contributed by atoms with Crippen LogP contribution < -0.4 is 5.73 Å². The zero-order valence-electron chi connectivity index (χ0n) is 11.2. The molecule has 3 heteroatoms. The molecule has 0 spiro atoms. The van der Waals surface area contributed by atoms with Gasteiger partial charge in [0.1, 0.15) is 0 Å². The van der Waals surface area contributed by atoms with Crippen molar-refractivity contribution in [1.82, 2.24) is 4.98 Å². The summed E-state index contributed by atoms with van der Waals surface area (Å²) >= 11 is 2.05. The predicted octanol–water partition coefficient (Wildman–Crippen LogP) is 3.78. The molecule has 0 aliphatic heterocycles. The number of pyridine rings is 1. The minimum absolute atomic E-state index is 0.249. The third-order valence-electron chi connectivity index (χ3n) is 3.88. The lowest BCUT2D eigenvalue weighted by Gasteiger charge is -2.24. The number of rotatable bonds is 6. The number of nitrogens with two attached hydrogens (primary N) is 1. The van der Waals surface area contributed by atoms with Gasteiger partial charge >= 0.3 is 0 Å². The van der Waals surface area contributed by atoms with Gasteiger partial charge in [0.2, 0.25) is 0 Å². The lowest BCUT2D eigenvalue weighted by molar-refractivity contribution is 0.607. The number of hydrogen-bond donors (Lipinski definition) is 1. The van der Waals surface area contributed by atoms with Crippen LogP contribution in [-0.4, -0.2) is 16.8 Å². The van der Waals surface area contributed by atoms with Crippen LogP contribution in [0.3, 0.4) is 0 Å². The molecule has 2 rings (SSSR count). The van der Waals surface area contributed by atoms with E-state index in [1.54, 1.807) is 0 Å². The van der Waals surface area contributed by atoms with E-state index in [4.69, 9.17) is 5.73 Å². The van der Waals surface area contributed by atoms with E-state index in [0.717, 1.165) is 12.3 Å². The molecule has 2 unspecified atom stereocenters. The fourth-order valence-electron chi connectivity index (χ4n) is 2.65. The molecule has 0 bridgehead atoms. The molecule has 1 aliphatic rings. The third-order valence-corrected chi connectivity index (χ3v) is 5.53. The highest BCUT2D eigenvalue weighted by atomic mass is 32.2. The van der Waals surface area contributed by atoms with Crippen LogP contribution >= 0.6 is 11.8 Å². The molecule has 1 heterocycles. The van der Waals surface area contributed by atoms with Gasteiger partial charge < -0.3 is 5.73 Å². The Morgan fingerprint density at radius 3 is 2.61 bits per heavy atom. The summed E-state index contributed by atoms with van der Waals surface area (Å²) in [7, 11) is 0. The molecule has 0 aromatic carbocycles. The Kier molecular flexibility index (Phi) is 5.51. The van der Waals surface area contributed by atoms with Gasteiger partial charge in [0.15, 0.2) is 0 Å². The lowest BCUT2D eigenvalue weighted by Crippen LogP contribution is -2.26. The summed E-state index contributed by atoms with van der Waals surface area (Å²) in [5.74, 6) is 2.18. The summed E-state index contributed by atoms with van der Waals surface area (Å²) in [5, 5.41) is 0.429. The molecule has 0 radical (unpaired) electrons. The molecule has 1 aliphatic carbocycles. The zero-order valence-corrected chi connectivity index (χ0v) is 12.0. The quantitative estimate of drug-likeness (QED) is 0.849. The summed E-state index contributed by atoms with van der Waals surface area (Å²) in [5.41, 5.74) is 7.63. The van der Waals surface area contributed by atoms with Crippen LogP contribution in [0.15, 0.2) is 24.5 Å². The second-order valence-corrected chi connectivity index (χ2v) is 6.43. The van der Waals surface area contributed by atoms with Crippen molar-refractivity contribution in [2.75, 3.05) is 5.75 Å². The first-order valence-corrected chi connectivity index (χ1v) is 8.13. The molecule has 1 saturated carbocycles. The lowest BCUT2D eigenvalue weighted by atomic mass is 10.1. The molecular formula is C15H24N2S. The van der Waals surface area contributed by atoms with Crippen molar-refractivity contribution >= 4 is 11.8 Å². The summed E-state index contributed by atoms with van der Waals surface area (Å²) in [6, 6.07) is 4.47. The van der Waals surface area contributed by atoms with E-state index < -0.39 is 0 Å². The fraction of sp³-hybridized carbons (Fsp3) is 0.667. The molecule has 2 N–H and O–H groups in total. The monoisotopic (exact) mass is 264 g/mol. The van der Waals surface area contributed by atoms with Gasteiger partial charge in [0, 0.05) is 23.7 Å². The summed E-state index contributed by atoms with van der Waals surface area (Å²) in [4.78, 5) is 4.10. The molecular weight excluding hydrogens is 240 g/mol. The molecule has 2 atom stereocenters. The maximum Gasteiger partial charge on any atom is 0.0449 e. The standard InChI is InChI=1S/C15H24N2S/c1-2-14(16)15(13-7-9-17-10-8-13)18-11-12-5-3-4-6-12/h7-10,12,14-15H,2-6,11,16H2,1H3. The van der Waals surface area contributed by atoms with Crippen molar-refractivity contribution in [3.05, 3.63) is 30.1 Å². The maximum atomic E-state index is 6.29. The number of thioether (sulfide) groups is 1. The Bertz CT molecular complexity index is 336. The SMILES string of the molecule is CCC(N)C(SCC1CCCC1)c1ccncc1. The number of nitrogens with zero attached hydrogens (tertiary/aromatic N) is 1. The summed E-state index contributed by atoms with van der Waals surface area (Å²) in [6.45, 7) is 2.18. The predicted molar refractivity (Wildman–Crippen MR) is 79.7 cm³/mol. The topological polar surface area (TPSA) is 38.9 Å². The second kappa shape index (κ2) is 7.15. The van der Waals surface area contributed by atoms with Crippen molar-refractivity contribution in [1.29, 1.82) is 0 Å². The molecule has 1 fully saturated rings. The molecule has 0 amide bonds. The van der Waals surface area contributed by atoms with Crippen molar-refractivity contribution in [3.63, 3.8) is 0 Å². The molecule has 100 valence electrons. The van der Waals surface area contributed by atoms with Crippen molar-refractivity contribution in [2.45, 2.75) is 50.3 Å². The van der Waals surface area contributed by atoms with Crippen LogP contribution in [0.5, 0.6) is 0 Å². The van der Waals surface area contributed by atoms with E-state index in [9.17, 15) is 0 Å². The van der Waals surface area contributed by atoms with Gasteiger partial charge in [-0.3, -0.25) is 4.98 Å².